The fourth-order valence-corrected chi connectivity index (χ4v) is 2.98. The molecule has 1 saturated heterocycles. The first-order valence-corrected chi connectivity index (χ1v) is 8.19. The third kappa shape index (κ3) is 4.16. The molecule has 0 aliphatic carbocycles. The second kappa shape index (κ2) is 7.21. The van der Waals surface area contributed by atoms with Gasteiger partial charge >= 0.3 is 0 Å². The van der Waals surface area contributed by atoms with Crippen molar-refractivity contribution in [1.82, 2.24) is 4.90 Å². The second-order valence-corrected chi connectivity index (χ2v) is 6.51. The van der Waals surface area contributed by atoms with Crippen LogP contribution in [-0.4, -0.2) is 35.9 Å². The van der Waals surface area contributed by atoms with Gasteiger partial charge < -0.3 is 15.4 Å². The Morgan fingerprint density at radius 1 is 1.26 bits per heavy atom. The molecule has 6 heteroatoms. The van der Waals surface area contributed by atoms with Gasteiger partial charge in [0.25, 0.3) is 5.91 Å². The van der Waals surface area contributed by atoms with Crippen molar-refractivity contribution in [2.45, 2.75) is 39.7 Å². The summed E-state index contributed by atoms with van der Waals surface area (Å²) in [7, 11) is 0. The molecular formula is C17H23ClN2O3. The van der Waals surface area contributed by atoms with Crippen LogP contribution in [0, 0.1) is 19.8 Å². The number of nitrogens with zero attached hydrogens (tertiary/aromatic N) is 1. The first-order chi connectivity index (χ1) is 10.8. The van der Waals surface area contributed by atoms with E-state index in [0.717, 1.165) is 11.1 Å². The predicted octanol–water partition coefficient (Wildman–Crippen LogP) is 2.45. The maximum atomic E-state index is 12.5. The van der Waals surface area contributed by atoms with Crippen molar-refractivity contribution in [3.63, 3.8) is 0 Å². The van der Waals surface area contributed by atoms with Gasteiger partial charge in [-0.05, 0) is 56.9 Å². The minimum Gasteiger partial charge on any atom is -0.481 e. The van der Waals surface area contributed by atoms with Crippen molar-refractivity contribution in [2.75, 3.05) is 13.1 Å². The average Bonchev–Trinajstić information content (AvgIpc) is 2.51. The Morgan fingerprint density at radius 2 is 1.78 bits per heavy atom. The molecule has 126 valence electrons. The molecule has 1 aliphatic heterocycles. The Labute approximate surface area is 141 Å². The van der Waals surface area contributed by atoms with E-state index in [0.29, 0.717) is 36.7 Å². The van der Waals surface area contributed by atoms with Crippen molar-refractivity contribution in [2.24, 2.45) is 11.7 Å². The summed E-state index contributed by atoms with van der Waals surface area (Å²) in [5.74, 6) is 0.154. The van der Waals surface area contributed by atoms with Gasteiger partial charge in [0.15, 0.2) is 6.10 Å². The minimum atomic E-state index is -0.583. The Balaban J connectivity index is 1.97. The molecular weight excluding hydrogens is 316 g/mol. The van der Waals surface area contributed by atoms with Gasteiger partial charge in [-0.3, -0.25) is 9.59 Å². The lowest BCUT2D eigenvalue weighted by Crippen LogP contribution is -2.46. The zero-order chi connectivity index (χ0) is 17.1. The number of halogens is 1. The molecule has 1 aliphatic rings. The molecule has 23 heavy (non-hydrogen) atoms. The Morgan fingerprint density at radius 3 is 2.26 bits per heavy atom. The summed E-state index contributed by atoms with van der Waals surface area (Å²) in [6.07, 6.45) is 0.653. The van der Waals surface area contributed by atoms with Crippen LogP contribution in [0.3, 0.4) is 0 Å². The molecule has 1 heterocycles. The molecule has 0 unspecified atom stereocenters. The van der Waals surface area contributed by atoms with Crippen LogP contribution in [0.1, 0.15) is 30.9 Å². The number of primary amides is 1. The van der Waals surface area contributed by atoms with E-state index in [2.05, 4.69) is 0 Å². The quantitative estimate of drug-likeness (QED) is 0.916. The van der Waals surface area contributed by atoms with E-state index >= 15 is 0 Å². The van der Waals surface area contributed by atoms with E-state index in [-0.39, 0.29) is 17.7 Å². The number of rotatable bonds is 4. The number of likely N-dealkylation sites (tertiary alicyclic amines) is 1. The fraction of sp³-hybridized carbons (Fsp3) is 0.529. The predicted molar refractivity (Wildman–Crippen MR) is 89.5 cm³/mol. The summed E-state index contributed by atoms with van der Waals surface area (Å²) >= 11 is 6.14. The van der Waals surface area contributed by atoms with Crippen molar-refractivity contribution < 1.29 is 14.3 Å². The molecule has 2 rings (SSSR count). The smallest absolute Gasteiger partial charge is 0.263 e. The number of ether oxygens (including phenoxy) is 1. The average molecular weight is 339 g/mol. The van der Waals surface area contributed by atoms with Crippen LogP contribution in [0.15, 0.2) is 12.1 Å². The monoisotopic (exact) mass is 338 g/mol. The fourth-order valence-electron chi connectivity index (χ4n) is 2.87. The lowest BCUT2D eigenvalue weighted by Gasteiger charge is -2.32. The minimum absolute atomic E-state index is 0.0711. The summed E-state index contributed by atoms with van der Waals surface area (Å²) in [6, 6.07) is 3.66. The standard InChI is InChI=1S/C17H23ClN2O3/c1-10-8-14(9-11(2)15(10)18)23-12(3)17(22)20-6-4-13(5-7-20)16(19)21/h8-9,12-13H,4-7H2,1-3H3,(H2,19,21)/t12-/m1/s1. The molecule has 2 N–H and O–H groups in total. The molecule has 0 aromatic heterocycles. The van der Waals surface area contributed by atoms with Gasteiger partial charge in [0, 0.05) is 24.0 Å². The number of piperidine rings is 1. The maximum Gasteiger partial charge on any atom is 0.263 e. The third-order valence-electron chi connectivity index (χ3n) is 4.28. The van der Waals surface area contributed by atoms with Gasteiger partial charge in [-0.2, -0.15) is 0 Å². The number of aryl methyl sites for hydroxylation is 2. The van der Waals surface area contributed by atoms with Crippen LogP contribution < -0.4 is 10.5 Å². The summed E-state index contributed by atoms with van der Waals surface area (Å²) in [5.41, 5.74) is 7.15. The van der Waals surface area contributed by atoms with E-state index in [1.807, 2.05) is 26.0 Å². The SMILES string of the molecule is Cc1cc(O[C@H](C)C(=O)N2CCC(C(N)=O)CC2)cc(C)c1Cl. The molecule has 1 aromatic carbocycles. The largest absolute Gasteiger partial charge is 0.481 e. The molecule has 1 atom stereocenters. The van der Waals surface area contributed by atoms with Gasteiger partial charge in [0.05, 0.1) is 0 Å². The highest BCUT2D eigenvalue weighted by molar-refractivity contribution is 6.32. The van der Waals surface area contributed by atoms with Crippen LogP contribution in [0.5, 0.6) is 5.75 Å². The van der Waals surface area contributed by atoms with Gasteiger partial charge in [-0.1, -0.05) is 11.6 Å². The molecule has 5 nitrogen and oxygen atoms in total. The lowest BCUT2D eigenvalue weighted by molar-refractivity contribution is -0.140. The second-order valence-electron chi connectivity index (χ2n) is 6.13. The highest BCUT2D eigenvalue weighted by Crippen LogP contribution is 2.27. The normalized spacial score (nSPS) is 17.0. The van der Waals surface area contributed by atoms with Gasteiger partial charge in [0.2, 0.25) is 5.91 Å². The van der Waals surface area contributed by atoms with Crippen LogP contribution >= 0.6 is 11.6 Å². The van der Waals surface area contributed by atoms with E-state index in [9.17, 15) is 9.59 Å². The van der Waals surface area contributed by atoms with Crippen LogP contribution in [0.4, 0.5) is 0 Å². The van der Waals surface area contributed by atoms with E-state index in [1.165, 1.54) is 0 Å². The highest BCUT2D eigenvalue weighted by Gasteiger charge is 2.29. The van der Waals surface area contributed by atoms with E-state index in [1.54, 1.807) is 11.8 Å². The molecule has 0 saturated carbocycles. The number of benzene rings is 1. The Hall–Kier alpha value is -1.75. The molecule has 1 fully saturated rings. The number of amides is 2. The molecule has 0 radical (unpaired) electrons. The lowest BCUT2D eigenvalue weighted by atomic mass is 9.96. The molecule has 1 aromatic rings. The third-order valence-corrected chi connectivity index (χ3v) is 4.88. The van der Waals surface area contributed by atoms with Crippen LogP contribution in [0.2, 0.25) is 5.02 Å². The Kier molecular flexibility index (Phi) is 5.52. The Bertz CT molecular complexity index is 587. The number of hydrogen-bond acceptors (Lipinski definition) is 3. The number of hydrogen-bond donors (Lipinski definition) is 1. The van der Waals surface area contributed by atoms with Crippen LogP contribution in [0.25, 0.3) is 0 Å². The van der Waals surface area contributed by atoms with Crippen molar-refractivity contribution >= 4 is 23.4 Å². The van der Waals surface area contributed by atoms with Crippen LogP contribution in [-0.2, 0) is 9.59 Å². The van der Waals surface area contributed by atoms with Crippen molar-refractivity contribution in [3.8, 4) is 5.75 Å². The first-order valence-electron chi connectivity index (χ1n) is 7.81. The van der Waals surface area contributed by atoms with Crippen molar-refractivity contribution in [3.05, 3.63) is 28.3 Å². The summed E-state index contributed by atoms with van der Waals surface area (Å²) in [5, 5.41) is 0.713. The number of carbonyl (C=O) groups is 2. The summed E-state index contributed by atoms with van der Waals surface area (Å²) < 4.78 is 5.78. The van der Waals surface area contributed by atoms with Crippen molar-refractivity contribution in [1.29, 1.82) is 0 Å². The maximum absolute atomic E-state index is 12.5. The topological polar surface area (TPSA) is 72.6 Å². The number of nitrogens with two attached hydrogens (primary N) is 1. The highest BCUT2D eigenvalue weighted by atomic mass is 35.5. The summed E-state index contributed by atoms with van der Waals surface area (Å²) in [6.45, 7) is 6.63. The van der Waals surface area contributed by atoms with E-state index in [4.69, 9.17) is 22.1 Å². The van der Waals surface area contributed by atoms with Gasteiger partial charge in [-0.25, -0.2) is 0 Å². The number of carbonyl (C=O) groups excluding carboxylic acids is 2. The molecule has 0 spiro atoms. The molecule has 0 bridgehead atoms. The summed E-state index contributed by atoms with van der Waals surface area (Å²) in [4.78, 5) is 25.4. The molecule has 2 amide bonds. The zero-order valence-corrected chi connectivity index (χ0v) is 14.5. The van der Waals surface area contributed by atoms with E-state index < -0.39 is 6.10 Å². The van der Waals surface area contributed by atoms with Gasteiger partial charge in [0.1, 0.15) is 5.75 Å². The zero-order valence-electron chi connectivity index (χ0n) is 13.8. The first kappa shape index (κ1) is 17.6. The van der Waals surface area contributed by atoms with Gasteiger partial charge in [-0.15, -0.1) is 0 Å².